The smallest absolute Gasteiger partial charge is 0.317 e. The molecule has 2 amide bonds. The van der Waals surface area contributed by atoms with E-state index in [4.69, 9.17) is 4.74 Å². The van der Waals surface area contributed by atoms with Gasteiger partial charge in [-0.15, -0.1) is 0 Å². The van der Waals surface area contributed by atoms with E-state index in [0.717, 1.165) is 0 Å². The fourth-order valence-electron chi connectivity index (χ4n) is 1.22. The van der Waals surface area contributed by atoms with Gasteiger partial charge in [-0.25, -0.2) is 4.79 Å². The molecule has 0 aliphatic carbocycles. The summed E-state index contributed by atoms with van der Waals surface area (Å²) < 4.78 is 5.17. The van der Waals surface area contributed by atoms with Gasteiger partial charge >= 0.3 is 6.03 Å². The maximum Gasteiger partial charge on any atom is 0.317 e. The van der Waals surface area contributed by atoms with Gasteiger partial charge in [-0.3, -0.25) is 0 Å². The second-order valence-electron chi connectivity index (χ2n) is 4.82. The van der Waals surface area contributed by atoms with Crippen LogP contribution in [0.2, 0.25) is 0 Å². The summed E-state index contributed by atoms with van der Waals surface area (Å²) in [6, 6.07) is 0.0308. The Morgan fingerprint density at radius 2 is 1.93 bits per heavy atom. The number of carbonyl (C=O) groups excluding carboxylic acids is 1. The van der Waals surface area contributed by atoms with Crippen molar-refractivity contribution in [3.63, 3.8) is 0 Å². The molecule has 0 spiro atoms. The first-order valence-corrected chi connectivity index (χ1v) is 5.09. The van der Waals surface area contributed by atoms with Gasteiger partial charge in [0.15, 0.2) is 0 Å². The van der Waals surface area contributed by atoms with Crippen molar-refractivity contribution < 1.29 is 9.53 Å². The summed E-state index contributed by atoms with van der Waals surface area (Å²) in [6.07, 6.45) is 0. The Hall–Kier alpha value is -0.770. The Bertz CT molecular complexity index is 193. The maximum absolute atomic E-state index is 11.6. The summed E-state index contributed by atoms with van der Waals surface area (Å²) in [7, 11) is 0. The number of nitrogens with zero attached hydrogens (tertiary/aromatic N) is 1. The molecule has 0 radical (unpaired) electrons. The Morgan fingerprint density at radius 1 is 1.36 bits per heavy atom. The van der Waals surface area contributed by atoms with Crippen LogP contribution in [-0.4, -0.2) is 43.8 Å². The second-order valence-corrected chi connectivity index (χ2v) is 4.82. The first-order chi connectivity index (χ1) is 6.49. The predicted octanol–water partition coefficient (Wildman–Crippen LogP) is 1.07. The van der Waals surface area contributed by atoms with Crippen LogP contribution < -0.4 is 5.32 Å². The van der Waals surface area contributed by atoms with Crippen LogP contribution in [-0.2, 0) is 4.74 Å². The van der Waals surface area contributed by atoms with Gasteiger partial charge in [-0.1, -0.05) is 20.8 Å². The van der Waals surface area contributed by atoms with Crippen LogP contribution in [0.5, 0.6) is 0 Å². The van der Waals surface area contributed by atoms with Gasteiger partial charge in [0.2, 0.25) is 0 Å². The predicted molar refractivity (Wildman–Crippen MR) is 55.2 cm³/mol. The monoisotopic (exact) mass is 200 g/mol. The van der Waals surface area contributed by atoms with Crippen molar-refractivity contribution in [2.45, 2.75) is 20.8 Å². The lowest BCUT2D eigenvalue weighted by atomic mass is 9.97. The van der Waals surface area contributed by atoms with Gasteiger partial charge in [0.1, 0.15) is 0 Å². The second kappa shape index (κ2) is 4.64. The zero-order valence-corrected chi connectivity index (χ0v) is 9.30. The maximum atomic E-state index is 11.6. The number of hydrogen-bond donors (Lipinski definition) is 1. The van der Waals surface area contributed by atoms with E-state index >= 15 is 0 Å². The average Bonchev–Trinajstić information content (AvgIpc) is 2.14. The van der Waals surface area contributed by atoms with Crippen LogP contribution in [0.25, 0.3) is 0 Å². The van der Waals surface area contributed by atoms with Crippen LogP contribution >= 0.6 is 0 Å². The Balaban J connectivity index is 2.27. The molecule has 14 heavy (non-hydrogen) atoms. The first-order valence-electron chi connectivity index (χ1n) is 5.09. The number of morpholine rings is 1. The van der Waals surface area contributed by atoms with Gasteiger partial charge in [0, 0.05) is 19.6 Å². The highest BCUT2D eigenvalue weighted by molar-refractivity contribution is 5.74. The number of urea groups is 1. The van der Waals surface area contributed by atoms with E-state index in [0.29, 0.717) is 32.8 Å². The van der Waals surface area contributed by atoms with Crippen molar-refractivity contribution >= 4 is 6.03 Å². The molecule has 0 aromatic heterocycles. The summed E-state index contributed by atoms with van der Waals surface area (Å²) in [5.41, 5.74) is 0.141. The highest BCUT2D eigenvalue weighted by Gasteiger charge is 2.18. The van der Waals surface area contributed by atoms with Crippen LogP contribution in [0, 0.1) is 5.41 Å². The molecule has 1 aliphatic heterocycles. The molecule has 4 nitrogen and oxygen atoms in total. The van der Waals surface area contributed by atoms with Crippen LogP contribution in [0.15, 0.2) is 0 Å². The van der Waals surface area contributed by atoms with E-state index in [2.05, 4.69) is 26.1 Å². The number of ether oxygens (including phenoxy) is 1. The van der Waals surface area contributed by atoms with Crippen molar-refractivity contribution in [3.05, 3.63) is 0 Å². The third kappa shape index (κ3) is 3.96. The summed E-state index contributed by atoms with van der Waals surface area (Å²) in [5.74, 6) is 0. The highest BCUT2D eigenvalue weighted by Crippen LogP contribution is 2.10. The van der Waals surface area contributed by atoms with Crippen LogP contribution in [0.1, 0.15) is 20.8 Å². The van der Waals surface area contributed by atoms with Gasteiger partial charge in [-0.05, 0) is 5.41 Å². The molecule has 1 rings (SSSR count). The summed E-state index contributed by atoms with van der Waals surface area (Å²) in [6.45, 7) is 9.74. The van der Waals surface area contributed by atoms with Gasteiger partial charge in [0.05, 0.1) is 13.2 Å². The van der Waals surface area contributed by atoms with E-state index in [1.807, 2.05) is 0 Å². The molecule has 1 saturated heterocycles. The zero-order chi connectivity index (χ0) is 10.6. The van der Waals surface area contributed by atoms with Crippen molar-refractivity contribution in [1.29, 1.82) is 0 Å². The van der Waals surface area contributed by atoms with Gasteiger partial charge < -0.3 is 15.0 Å². The topological polar surface area (TPSA) is 41.6 Å². The Morgan fingerprint density at radius 3 is 2.43 bits per heavy atom. The molecule has 0 atom stereocenters. The van der Waals surface area contributed by atoms with E-state index in [9.17, 15) is 4.79 Å². The molecule has 0 bridgehead atoms. The van der Waals surface area contributed by atoms with Gasteiger partial charge in [0.25, 0.3) is 0 Å². The summed E-state index contributed by atoms with van der Waals surface area (Å²) in [4.78, 5) is 13.4. The van der Waals surface area contributed by atoms with E-state index in [-0.39, 0.29) is 11.4 Å². The lowest BCUT2D eigenvalue weighted by Gasteiger charge is -2.28. The third-order valence-electron chi connectivity index (χ3n) is 2.07. The zero-order valence-electron chi connectivity index (χ0n) is 9.30. The van der Waals surface area contributed by atoms with Crippen LogP contribution in [0.3, 0.4) is 0 Å². The highest BCUT2D eigenvalue weighted by atomic mass is 16.5. The molecule has 0 unspecified atom stereocenters. The first kappa shape index (κ1) is 11.3. The van der Waals surface area contributed by atoms with Crippen molar-refractivity contribution in [2.24, 2.45) is 5.41 Å². The van der Waals surface area contributed by atoms with Gasteiger partial charge in [-0.2, -0.15) is 0 Å². The van der Waals surface area contributed by atoms with E-state index in [1.165, 1.54) is 0 Å². The van der Waals surface area contributed by atoms with E-state index < -0.39 is 0 Å². The quantitative estimate of drug-likeness (QED) is 0.688. The number of amides is 2. The minimum absolute atomic E-state index is 0.0308. The fourth-order valence-corrected chi connectivity index (χ4v) is 1.22. The lowest BCUT2D eigenvalue weighted by molar-refractivity contribution is 0.0527. The number of hydrogen-bond acceptors (Lipinski definition) is 2. The largest absolute Gasteiger partial charge is 0.378 e. The minimum Gasteiger partial charge on any atom is -0.378 e. The molecule has 1 heterocycles. The number of nitrogens with one attached hydrogen (secondary N) is 1. The fraction of sp³-hybridized carbons (Fsp3) is 0.900. The van der Waals surface area contributed by atoms with Crippen LogP contribution in [0.4, 0.5) is 4.79 Å². The molecule has 0 saturated carbocycles. The number of rotatable bonds is 1. The molecule has 0 aromatic rings. The van der Waals surface area contributed by atoms with Crippen molar-refractivity contribution in [2.75, 3.05) is 32.8 Å². The molecular formula is C10H20N2O2. The normalized spacial score (nSPS) is 18.1. The van der Waals surface area contributed by atoms with Crippen molar-refractivity contribution in [1.82, 2.24) is 10.2 Å². The summed E-state index contributed by atoms with van der Waals surface area (Å²) in [5, 5.41) is 2.92. The molecule has 0 aromatic carbocycles. The lowest BCUT2D eigenvalue weighted by Crippen LogP contribution is -2.47. The molecule has 1 N–H and O–H groups in total. The summed E-state index contributed by atoms with van der Waals surface area (Å²) >= 11 is 0. The minimum atomic E-state index is 0.0308. The van der Waals surface area contributed by atoms with Crippen molar-refractivity contribution in [3.8, 4) is 0 Å². The number of carbonyl (C=O) groups is 1. The Kier molecular flexibility index (Phi) is 3.75. The molecule has 1 fully saturated rings. The molecular weight excluding hydrogens is 180 g/mol. The standard InChI is InChI=1S/C10H20N2O2/c1-10(2,3)8-11-9(13)12-4-6-14-7-5-12/h4-8H2,1-3H3,(H,11,13). The average molecular weight is 200 g/mol. The molecule has 82 valence electrons. The SMILES string of the molecule is CC(C)(C)CNC(=O)N1CCOCC1. The Labute approximate surface area is 85.6 Å². The van der Waals surface area contributed by atoms with E-state index in [1.54, 1.807) is 4.90 Å². The molecule has 4 heteroatoms. The molecule has 1 aliphatic rings. The third-order valence-corrected chi connectivity index (χ3v) is 2.07.